The van der Waals surface area contributed by atoms with E-state index in [1.807, 2.05) is 62.4 Å². The van der Waals surface area contributed by atoms with Gasteiger partial charge in [-0.3, -0.25) is 9.59 Å². The van der Waals surface area contributed by atoms with E-state index in [4.69, 9.17) is 0 Å². The molecule has 0 aliphatic carbocycles. The smallest absolute Gasteiger partial charge is 0.242 e. The fourth-order valence-electron chi connectivity index (χ4n) is 3.28. The van der Waals surface area contributed by atoms with Crippen molar-refractivity contribution in [2.24, 2.45) is 0 Å². The number of rotatable bonds is 7. The molecule has 2 aromatic carbocycles. The molecule has 0 fully saturated rings. The lowest BCUT2D eigenvalue weighted by molar-refractivity contribution is -0.131. The van der Waals surface area contributed by atoms with Crippen molar-refractivity contribution < 1.29 is 9.59 Å². The van der Waals surface area contributed by atoms with Crippen LogP contribution in [0.2, 0.25) is 0 Å². The van der Waals surface area contributed by atoms with Gasteiger partial charge in [-0.05, 0) is 36.5 Å². The highest BCUT2D eigenvalue weighted by molar-refractivity contribution is 5.98. The fourth-order valence-corrected chi connectivity index (χ4v) is 3.28. The molecule has 0 unspecified atom stereocenters. The Morgan fingerprint density at radius 3 is 2.22 bits per heavy atom. The highest BCUT2D eigenvalue weighted by Crippen LogP contribution is 2.31. The zero-order valence-electron chi connectivity index (χ0n) is 17.0. The van der Waals surface area contributed by atoms with Gasteiger partial charge in [0.2, 0.25) is 11.8 Å². The number of carbonyl (C=O) groups excluding carboxylic acids is 2. The van der Waals surface area contributed by atoms with Crippen molar-refractivity contribution in [1.29, 1.82) is 0 Å². The van der Waals surface area contributed by atoms with E-state index in [1.165, 1.54) is 6.92 Å². The van der Waals surface area contributed by atoms with E-state index in [0.29, 0.717) is 13.1 Å². The molecule has 0 bridgehead atoms. The Balaban J connectivity index is 2.28. The summed E-state index contributed by atoms with van der Waals surface area (Å²) in [6, 6.07) is 16.0. The Bertz CT molecular complexity index is 784. The maximum Gasteiger partial charge on any atom is 0.242 e. The molecule has 2 amide bonds. The van der Waals surface area contributed by atoms with Crippen LogP contribution in [0.1, 0.15) is 50.3 Å². The highest BCUT2D eigenvalue weighted by atomic mass is 16.2. The topological polar surface area (TPSA) is 40.6 Å². The Morgan fingerprint density at radius 1 is 1.00 bits per heavy atom. The van der Waals surface area contributed by atoms with E-state index in [9.17, 15) is 9.59 Å². The van der Waals surface area contributed by atoms with Crippen molar-refractivity contribution in [3.05, 3.63) is 65.2 Å². The van der Waals surface area contributed by atoms with E-state index in [-0.39, 0.29) is 24.3 Å². The number of benzene rings is 2. The molecule has 0 atom stereocenters. The molecule has 0 saturated carbocycles. The van der Waals surface area contributed by atoms with Gasteiger partial charge in [0.25, 0.3) is 0 Å². The van der Waals surface area contributed by atoms with Gasteiger partial charge in [0.05, 0.1) is 5.69 Å². The van der Waals surface area contributed by atoms with E-state index < -0.39 is 0 Å². The third-order valence-corrected chi connectivity index (χ3v) is 4.79. The van der Waals surface area contributed by atoms with Gasteiger partial charge in [0.15, 0.2) is 0 Å². The van der Waals surface area contributed by atoms with Crippen LogP contribution in [0.4, 0.5) is 5.69 Å². The molecule has 0 aromatic heterocycles. The molecular weight excluding hydrogens is 336 g/mol. The monoisotopic (exact) mass is 366 g/mol. The number of amides is 2. The van der Waals surface area contributed by atoms with Crippen LogP contribution in [0.5, 0.6) is 0 Å². The quantitative estimate of drug-likeness (QED) is 0.723. The van der Waals surface area contributed by atoms with Crippen LogP contribution in [0, 0.1) is 6.92 Å². The molecule has 27 heavy (non-hydrogen) atoms. The van der Waals surface area contributed by atoms with Crippen LogP contribution in [0.15, 0.2) is 48.5 Å². The second-order valence-electron chi connectivity index (χ2n) is 7.17. The van der Waals surface area contributed by atoms with Gasteiger partial charge in [-0.15, -0.1) is 0 Å². The average Bonchev–Trinajstić information content (AvgIpc) is 2.64. The lowest BCUT2D eigenvalue weighted by Crippen LogP contribution is -2.42. The van der Waals surface area contributed by atoms with Crippen LogP contribution >= 0.6 is 0 Å². The number of likely N-dealkylation sites (N-methyl/N-ethyl adjacent to an activating group) is 1. The van der Waals surface area contributed by atoms with Crippen LogP contribution in [-0.4, -0.2) is 29.8 Å². The lowest BCUT2D eigenvalue weighted by atomic mass is 9.97. The summed E-state index contributed by atoms with van der Waals surface area (Å²) in [5.74, 6) is 0.105. The second-order valence-corrected chi connectivity index (χ2v) is 7.17. The Morgan fingerprint density at radius 2 is 1.67 bits per heavy atom. The molecule has 0 saturated heterocycles. The van der Waals surface area contributed by atoms with E-state index in [1.54, 1.807) is 9.80 Å². The maximum absolute atomic E-state index is 13.0. The number of hydrogen-bond acceptors (Lipinski definition) is 2. The molecule has 4 nitrogen and oxygen atoms in total. The van der Waals surface area contributed by atoms with Crippen LogP contribution in [-0.2, 0) is 16.1 Å². The molecule has 0 heterocycles. The molecule has 4 heteroatoms. The molecule has 2 aromatic rings. The fraction of sp³-hybridized carbons (Fsp3) is 0.391. The Labute approximate surface area is 162 Å². The number of anilines is 1. The SMILES string of the molecule is CCN(Cc1ccccc1)C(=O)CN(C(C)=O)c1c(C)cccc1C(C)C. The standard InChI is InChI=1S/C23H30N2O2/c1-6-24(15-20-12-8-7-9-13-20)22(27)16-25(19(5)26)23-18(4)11-10-14-21(23)17(2)3/h7-14,17H,6,15-16H2,1-5H3. The minimum atomic E-state index is -0.115. The third kappa shape index (κ3) is 5.19. The lowest BCUT2D eigenvalue weighted by Gasteiger charge is -2.29. The predicted octanol–water partition coefficient (Wildman–Crippen LogP) is 4.52. The number of aryl methyl sites for hydroxylation is 1. The number of hydrogen-bond donors (Lipinski definition) is 0. The summed E-state index contributed by atoms with van der Waals surface area (Å²) in [6.45, 7) is 10.9. The summed E-state index contributed by atoms with van der Waals surface area (Å²) in [7, 11) is 0. The minimum absolute atomic E-state index is 0.0467. The van der Waals surface area contributed by atoms with Gasteiger partial charge < -0.3 is 9.80 Å². The summed E-state index contributed by atoms with van der Waals surface area (Å²) < 4.78 is 0. The average molecular weight is 367 g/mol. The second kappa shape index (κ2) is 9.36. The molecule has 2 rings (SSSR count). The van der Waals surface area contributed by atoms with Crippen LogP contribution < -0.4 is 4.90 Å². The largest absolute Gasteiger partial charge is 0.337 e. The van der Waals surface area contributed by atoms with Gasteiger partial charge in [0, 0.05) is 20.0 Å². The Kier molecular flexibility index (Phi) is 7.17. The zero-order chi connectivity index (χ0) is 20.0. The van der Waals surface area contributed by atoms with Crippen molar-refractivity contribution >= 4 is 17.5 Å². The normalized spacial score (nSPS) is 10.7. The minimum Gasteiger partial charge on any atom is -0.337 e. The summed E-state index contributed by atoms with van der Waals surface area (Å²) in [5.41, 5.74) is 4.05. The van der Waals surface area contributed by atoms with Crippen molar-refractivity contribution in [3.8, 4) is 0 Å². The van der Waals surface area contributed by atoms with Crippen molar-refractivity contribution in [1.82, 2.24) is 4.90 Å². The van der Waals surface area contributed by atoms with Crippen molar-refractivity contribution in [2.75, 3.05) is 18.0 Å². The first-order chi connectivity index (χ1) is 12.8. The van der Waals surface area contributed by atoms with Gasteiger partial charge in [-0.2, -0.15) is 0 Å². The number of carbonyl (C=O) groups is 2. The van der Waals surface area contributed by atoms with Gasteiger partial charge >= 0.3 is 0 Å². The van der Waals surface area contributed by atoms with Crippen LogP contribution in [0.25, 0.3) is 0 Å². The molecule has 0 N–H and O–H groups in total. The van der Waals surface area contributed by atoms with Crippen LogP contribution in [0.3, 0.4) is 0 Å². The maximum atomic E-state index is 13.0. The van der Waals surface area contributed by atoms with Gasteiger partial charge in [-0.1, -0.05) is 62.4 Å². The van der Waals surface area contributed by atoms with Crippen molar-refractivity contribution in [2.45, 2.75) is 47.1 Å². The number of para-hydroxylation sites is 1. The van der Waals surface area contributed by atoms with Gasteiger partial charge in [0.1, 0.15) is 6.54 Å². The first-order valence-corrected chi connectivity index (χ1v) is 9.54. The first-order valence-electron chi connectivity index (χ1n) is 9.54. The zero-order valence-corrected chi connectivity index (χ0v) is 17.0. The van der Waals surface area contributed by atoms with E-state index in [0.717, 1.165) is 22.4 Å². The molecule has 144 valence electrons. The highest BCUT2D eigenvalue weighted by Gasteiger charge is 2.24. The molecule has 0 spiro atoms. The molecule has 0 aliphatic heterocycles. The molecule has 0 aliphatic rings. The summed E-state index contributed by atoms with van der Waals surface area (Å²) >= 11 is 0. The summed E-state index contributed by atoms with van der Waals surface area (Å²) in [6.07, 6.45) is 0. The summed E-state index contributed by atoms with van der Waals surface area (Å²) in [5, 5.41) is 0. The summed E-state index contributed by atoms with van der Waals surface area (Å²) in [4.78, 5) is 28.8. The molecular formula is C23H30N2O2. The van der Waals surface area contributed by atoms with Crippen molar-refractivity contribution in [3.63, 3.8) is 0 Å². The molecule has 0 radical (unpaired) electrons. The van der Waals surface area contributed by atoms with E-state index >= 15 is 0 Å². The first kappa shape index (κ1) is 20.7. The van der Waals surface area contributed by atoms with Gasteiger partial charge in [-0.25, -0.2) is 0 Å². The number of nitrogens with zero attached hydrogens (tertiary/aromatic N) is 2. The van der Waals surface area contributed by atoms with E-state index in [2.05, 4.69) is 13.8 Å². The third-order valence-electron chi connectivity index (χ3n) is 4.79. The predicted molar refractivity (Wildman–Crippen MR) is 111 cm³/mol. The Hall–Kier alpha value is -2.62.